The van der Waals surface area contributed by atoms with Crippen LogP contribution in [-0.2, 0) is 11.3 Å². The number of hydrogen-bond acceptors (Lipinski definition) is 5. The molecular formula is C28H17Cl2N3O3. The van der Waals surface area contributed by atoms with Gasteiger partial charge in [-0.05, 0) is 48.5 Å². The van der Waals surface area contributed by atoms with E-state index in [1.165, 1.54) is 0 Å². The molecule has 0 amide bonds. The Hall–Kier alpha value is -4.31. The second-order valence-corrected chi connectivity index (χ2v) is 8.65. The molecule has 0 unspecified atom stereocenters. The zero-order valence-corrected chi connectivity index (χ0v) is 20.2. The van der Waals surface area contributed by atoms with Crippen molar-refractivity contribution in [2.24, 2.45) is 0 Å². The maximum Gasteiger partial charge on any atom is 0.340 e. The molecule has 5 aromatic rings. The van der Waals surface area contributed by atoms with Crippen LogP contribution in [0.1, 0.15) is 27.5 Å². The van der Waals surface area contributed by atoms with Gasteiger partial charge >= 0.3 is 5.97 Å². The predicted octanol–water partition coefficient (Wildman–Crippen LogP) is 7.55. The van der Waals surface area contributed by atoms with Gasteiger partial charge in [0.2, 0.25) is 0 Å². The number of benzene rings is 3. The summed E-state index contributed by atoms with van der Waals surface area (Å²) in [6.07, 6.45) is 1.61. The number of esters is 1. The third kappa shape index (κ3) is 4.89. The number of aromatic amines is 1. The van der Waals surface area contributed by atoms with E-state index in [1.54, 1.807) is 54.6 Å². The molecule has 2 heterocycles. The summed E-state index contributed by atoms with van der Waals surface area (Å²) in [5, 5.41) is 10.4. The van der Waals surface area contributed by atoms with E-state index in [-0.39, 0.29) is 17.2 Å². The molecule has 8 heteroatoms. The zero-order valence-electron chi connectivity index (χ0n) is 18.7. The Kier molecular flexibility index (Phi) is 6.59. The van der Waals surface area contributed by atoms with Crippen LogP contribution in [0, 0.1) is 11.3 Å². The maximum atomic E-state index is 12.7. The number of aromatic nitrogens is 2. The summed E-state index contributed by atoms with van der Waals surface area (Å²) in [6, 6.07) is 25.3. The highest BCUT2D eigenvalue weighted by molar-refractivity contribution is 6.33. The van der Waals surface area contributed by atoms with Gasteiger partial charge in [0.1, 0.15) is 30.0 Å². The highest BCUT2D eigenvalue weighted by atomic mass is 35.5. The molecule has 0 bridgehead atoms. The molecule has 0 atom stereocenters. The van der Waals surface area contributed by atoms with Crippen molar-refractivity contribution in [3.63, 3.8) is 0 Å². The van der Waals surface area contributed by atoms with E-state index in [4.69, 9.17) is 32.4 Å². The van der Waals surface area contributed by atoms with Gasteiger partial charge in [0.15, 0.2) is 0 Å². The number of para-hydroxylation sites is 2. The number of nitrogens with one attached hydrogen (secondary N) is 1. The third-order valence-electron chi connectivity index (χ3n) is 5.47. The second-order valence-electron chi connectivity index (χ2n) is 7.84. The van der Waals surface area contributed by atoms with E-state index in [0.717, 1.165) is 11.0 Å². The van der Waals surface area contributed by atoms with Gasteiger partial charge in [0, 0.05) is 22.2 Å². The van der Waals surface area contributed by atoms with Crippen LogP contribution in [0.3, 0.4) is 0 Å². The highest BCUT2D eigenvalue weighted by Gasteiger charge is 2.16. The van der Waals surface area contributed by atoms with Crippen molar-refractivity contribution in [2.45, 2.75) is 6.61 Å². The summed E-state index contributed by atoms with van der Waals surface area (Å²) in [5.74, 6) is 0.830. The third-order valence-corrected chi connectivity index (χ3v) is 6.16. The smallest absolute Gasteiger partial charge is 0.340 e. The molecule has 0 aliphatic rings. The van der Waals surface area contributed by atoms with E-state index < -0.39 is 5.97 Å². The number of nitrogens with zero attached hydrogens (tertiary/aromatic N) is 2. The average Bonchev–Trinajstić information content (AvgIpc) is 3.54. The van der Waals surface area contributed by atoms with Crippen LogP contribution in [-0.4, -0.2) is 15.9 Å². The lowest BCUT2D eigenvalue weighted by Gasteiger charge is -2.09. The van der Waals surface area contributed by atoms with Gasteiger partial charge in [0.25, 0.3) is 0 Å². The van der Waals surface area contributed by atoms with Crippen molar-refractivity contribution in [1.29, 1.82) is 5.26 Å². The van der Waals surface area contributed by atoms with Crippen molar-refractivity contribution in [3.8, 4) is 17.4 Å². The normalized spacial score (nSPS) is 11.4. The number of H-pyrrole nitrogens is 1. The standard InChI is InChI=1S/C28H17Cl2N3O3/c29-22-6-2-1-5-18(22)16-35-28(34)21-14-17(9-11-23(21)30)26-12-10-20(36-26)13-19(15-31)27-32-24-7-3-4-8-25(24)33-27/h1-14H,16H2,(H,32,33)/b19-13-. The maximum absolute atomic E-state index is 12.7. The average molecular weight is 514 g/mol. The van der Waals surface area contributed by atoms with Crippen LogP contribution in [0.15, 0.2) is 83.3 Å². The molecule has 2 aromatic heterocycles. The van der Waals surface area contributed by atoms with Gasteiger partial charge < -0.3 is 14.1 Å². The molecule has 0 fully saturated rings. The molecule has 176 valence electrons. The lowest BCUT2D eigenvalue weighted by Crippen LogP contribution is -2.06. The first-order valence-electron chi connectivity index (χ1n) is 10.9. The van der Waals surface area contributed by atoms with Crippen LogP contribution < -0.4 is 0 Å². The molecule has 1 N–H and O–H groups in total. The van der Waals surface area contributed by atoms with E-state index in [2.05, 4.69) is 16.0 Å². The monoisotopic (exact) mass is 513 g/mol. The number of ether oxygens (including phenoxy) is 1. The molecule has 0 spiro atoms. The van der Waals surface area contributed by atoms with E-state index in [0.29, 0.717) is 39.1 Å². The molecule has 0 radical (unpaired) electrons. The number of allylic oxidation sites excluding steroid dienone is 1. The number of halogens is 2. The van der Waals surface area contributed by atoms with Gasteiger partial charge in [-0.15, -0.1) is 0 Å². The van der Waals surface area contributed by atoms with E-state index in [9.17, 15) is 10.1 Å². The summed E-state index contributed by atoms with van der Waals surface area (Å²) >= 11 is 12.4. The van der Waals surface area contributed by atoms with Crippen molar-refractivity contribution >= 4 is 51.9 Å². The molecule has 0 aliphatic heterocycles. The molecule has 0 aliphatic carbocycles. The Labute approximate surface area is 216 Å². The van der Waals surface area contributed by atoms with E-state index >= 15 is 0 Å². The fourth-order valence-corrected chi connectivity index (χ4v) is 4.02. The van der Waals surface area contributed by atoms with Gasteiger partial charge in [0.05, 0.1) is 27.2 Å². The number of carbonyl (C=O) groups excluding carboxylic acids is 1. The molecule has 0 saturated heterocycles. The lowest BCUT2D eigenvalue weighted by molar-refractivity contribution is 0.0473. The minimum absolute atomic E-state index is 0.0213. The first-order valence-corrected chi connectivity index (χ1v) is 11.6. The SMILES string of the molecule is N#C/C(=C/c1ccc(-c2ccc(Cl)c(C(=O)OCc3ccccc3Cl)c2)o1)c1nc2ccccc2[nH]1. The van der Waals surface area contributed by atoms with E-state index in [1.807, 2.05) is 30.3 Å². The van der Waals surface area contributed by atoms with Crippen LogP contribution in [0.5, 0.6) is 0 Å². The number of carbonyl (C=O) groups is 1. The number of hydrogen-bond donors (Lipinski definition) is 1. The molecule has 0 saturated carbocycles. The first-order chi connectivity index (χ1) is 17.5. The lowest BCUT2D eigenvalue weighted by atomic mass is 10.1. The van der Waals surface area contributed by atoms with Gasteiger partial charge in [-0.2, -0.15) is 5.26 Å². The number of imidazole rings is 1. The molecular weight excluding hydrogens is 497 g/mol. The molecule has 3 aromatic carbocycles. The predicted molar refractivity (Wildman–Crippen MR) is 139 cm³/mol. The summed E-state index contributed by atoms with van der Waals surface area (Å²) in [5.41, 5.74) is 3.46. The first kappa shape index (κ1) is 23.4. The van der Waals surface area contributed by atoms with Crippen molar-refractivity contribution in [3.05, 3.63) is 112 Å². The largest absolute Gasteiger partial charge is 0.457 e. The summed E-state index contributed by atoms with van der Waals surface area (Å²) in [6.45, 7) is 0.0213. The summed E-state index contributed by atoms with van der Waals surface area (Å²) in [4.78, 5) is 20.3. The fraction of sp³-hybridized carbons (Fsp3) is 0.0357. The Morgan fingerprint density at radius 2 is 1.83 bits per heavy atom. The number of nitriles is 1. The fourth-order valence-electron chi connectivity index (χ4n) is 3.63. The zero-order chi connectivity index (χ0) is 25.1. The van der Waals surface area contributed by atoms with Crippen LogP contribution >= 0.6 is 23.2 Å². The van der Waals surface area contributed by atoms with Crippen LogP contribution in [0.2, 0.25) is 10.0 Å². The van der Waals surface area contributed by atoms with Crippen molar-refractivity contribution < 1.29 is 13.9 Å². The van der Waals surface area contributed by atoms with Crippen LogP contribution in [0.25, 0.3) is 34.0 Å². The van der Waals surface area contributed by atoms with Gasteiger partial charge in [-0.25, -0.2) is 9.78 Å². The second kappa shape index (κ2) is 10.1. The minimum atomic E-state index is -0.579. The molecule has 5 rings (SSSR count). The van der Waals surface area contributed by atoms with Gasteiger partial charge in [-0.3, -0.25) is 0 Å². The Balaban J connectivity index is 1.37. The number of furan rings is 1. The minimum Gasteiger partial charge on any atom is -0.457 e. The Morgan fingerprint density at radius 1 is 1.03 bits per heavy atom. The summed E-state index contributed by atoms with van der Waals surface area (Å²) in [7, 11) is 0. The topological polar surface area (TPSA) is 91.9 Å². The van der Waals surface area contributed by atoms with Crippen LogP contribution in [0.4, 0.5) is 0 Å². The number of fused-ring (bicyclic) bond motifs is 1. The van der Waals surface area contributed by atoms with Crippen molar-refractivity contribution in [1.82, 2.24) is 9.97 Å². The molecule has 6 nitrogen and oxygen atoms in total. The highest BCUT2D eigenvalue weighted by Crippen LogP contribution is 2.29. The molecule has 36 heavy (non-hydrogen) atoms. The number of rotatable bonds is 6. The summed E-state index contributed by atoms with van der Waals surface area (Å²) < 4.78 is 11.4. The quantitative estimate of drug-likeness (QED) is 0.187. The Morgan fingerprint density at radius 3 is 2.64 bits per heavy atom. The van der Waals surface area contributed by atoms with Gasteiger partial charge in [-0.1, -0.05) is 53.5 Å². The van der Waals surface area contributed by atoms with Crippen molar-refractivity contribution in [2.75, 3.05) is 0 Å². The Bertz CT molecular complexity index is 1630.